The van der Waals surface area contributed by atoms with Gasteiger partial charge in [-0.1, -0.05) is 23.7 Å². The molecule has 8 heteroatoms. The van der Waals surface area contributed by atoms with Crippen molar-refractivity contribution in [2.24, 2.45) is 0 Å². The number of halogens is 2. The second-order valence-corrected chi connectivity index (χ2v) is 8.00. The van der Waals surface area contributed by atoms with Gasteiger partial charge in [-0.15, -0.1) is 0 Å². The van der Waals surface area contributed by atoms with Gasteiger partial charge in [0, 0.05) is 43.8 Å². The van der Waals surface area contributed by atoms with E-state index in [4.69, 9.17) is 21.1 Å². The number of benzene rings is 2. The Hall–Kier alpha value is -2.61. The Morgan fingerprint density at radius 3 is 2.58 bits per heavy atom. The van der Waals surface area contributed by atoms with E-state index in [1.165, 1.54) is 19.2 Å². The van der Waals surface area contributed by atoms with Crippen molar-refractivity contribution in [1.82, 2.24) is 9.88 Å². The lowest BCUT2D eigenvalue weighted by Gasteiger charge is -2.36. The number of fused-ring (bicyclic) bond motifs is 1. The van der Waals surface area contributed by atoms with Crippen molar-refractivity contribution in [1.29, 1.82) is 0 Å². The molecular formula is C23H25ClFN3O3. The molecule has 0 spiro atoms. The lowest BCUT2D eigenvalue weighted by Crippen LogP contribution is -2.49. The van der Waals surface area contributed by atoms with Gasteiger partial charge in [0.15, 0.2) is 11.6 Å². The molecule has 2 aromatic carbocycles. The smallest absolute Gasteiger partial charge is 0.215 e. The predicted molar refractivity (Wildman–Crippen MR) is 120 cm³/mol. The maximum absolute atomic E-state index is 14.1. The summed E-state index contributed by atoms with van der Waals surface area (Å²) in [6.07, 6.45) is -0.626. The first kappa shape index (κ1) is 21.6. The highest BCUT2D eigenvalue weighted by Gasteiger charge is 2.23. The maximum Gasteiger partial charge on any atom is 0.215 e. The van der Waals surface area contributed by atoms with E-state index in [1.54, 1.807) is 0 Å². The average molecular weight is 446 g/mol. The molecule has 164 valence electrons. The second-order valence-electron chi connectivity index (χ2n) is 7.56. The number of ether oxygens (including phenoxy) is 2. The number of rotatable bonds is 7. The number of hydrogen-bond donors (Lipinski definition) is 1. The van der Waals surface area contributed by atoms with E-state index in [2.05, 4.69) is 9.88 Å². The molecule has 2 heterocycles. The molecule has 0 radical (unpaired) electrons. The third-order valence-corrected chi connectivity index (χ3v) is 5.60. The van der Waals surface area contributed by atoms with E-state index in [-0.39, 0.29) is 12.4 Å². The third-order valence-electron chi connectivity index (χ3n) is 5.37. The predicted octanol–water partition coefficient (Wildman–Crippen LogP) is 3.60. The zero-order chi connectivity index (χ0) is 21.8. The van der Waals surface area contributed by atoms with Crippen LogP contribution < -0.4 is 14.4 Å². The zero-order valence-corrected chi connectivity index (χ0v) is 18.1. The molecule has 1 fully saturated rings. The Bertz CT molecular complexity index is 1040. The van der Waals surface area contributed by atoms with Crippen LogP contribution >= 0.6 is 11.6 Å². The lowest BCUT2D eigenvalue weighted by molar-refractivity contribution is 0.0662. The normalized spacial score (nSPS) is 15.8. The topological polar surface area (TPSA) is 58.1 Å². The van der Waals surface area contributed by atoms with Crippen LogP contribution in [0.5, 0.6) is 11.6 Å². The number of nitrogens with zero attached hydrogens (tertiary/aromatic N) is 3. The van der Waals surface area contributed by atoms with Crippen LogP contribution in [0.3, 0.4) is 0 Å². The van der Waals surface area contributed by atoms with Crippen molar-refractivity contribution in [3.63, 3.8) is 0 Å². The van der Waals surface area contributed by atoms with Crippen LogP contribution in [0.15, 0.2) is 48.5 Å². The highest BCUT2D eigenvalue weighted by molar-refractivity contribution is 6.31. The molecule has 3 aromatic rings. The Kier molecular flexibility index (Phi) is 6.75. The number of pyridine rings is 1. The first-order chi connectivity index (χ1) is 15.0. The SMILES string of the molecule is COc1ccc(F)c(N2CCN(CC(O)COc3ccc4cc(Cl)ccc4c3)CC2)n1. The van der Waals surface area contributed by atoms with Crippen LogP contribution in [0.25, 0.3) is 10.8 Å². The number of methoxy groups -OCH3 is 1. The van der Waals surface area contributed by atoms with Gasteiger partial charge in [-0.25, -0.2) is 4.39 Å². The summed E-state index contributed by atoms with van der Waals surface area (Å²) in [5.41, 5.74) is 0. The van der Waals surface area contributed by atoms with Gasteiger partial charge < -0.3 is 19.5 Å². The first-order valence-corrected chi connectivity index (χ1v) is 10.6. The van der Waals surface area contributed by atoms with Crippen molar-refractivity contribution < 1.29 is 19.0 Å². The van der Waals surface area contributed by atoms with Gasteiger partial charge in [-0.3, -0.25) is 4.90 Å². The summed E-state index contributed by atoms with van der Waals surface area (Å²) in [6, 6.07) is 14.3. The molecule has 0 amide bonds. The van der Waals surface area contributed by atoms with Gasteiger partial charge in [0.25, 0.3) is 0 Å². The minimum Gasteiger partial charge on any atom is -0.491 e. The van der Waals surface area contributed by atoms with Gasteiger partial charge in [0.1, 0.15) is 18.5 Å². The second kappa shape index (κ2) is 9.68. The summed E-state index contributed by atoms with van der Waals surface area (Å²) < 4.78 is 25.0. The van der Waals surface area contributed by atoms with E-state index in [9.17, 15) is 9.50 Å². The number of anilines is 1. The van der Waals surface area contributed by atoms with Crippen LogP contribution in [0.1, 0.15) is 0 Å². The Morgan fingerprint density at radius 1 is 1.06 bits per heavy atom. The fraction of sp³-hybridized carbons (Fsp3) is 0.348. The molecule has 1 aromatic heterocycles. The number of aliphatic hydroxyl groups excluding tert-OH is 1. The van der Waals surface area contributed by atoms with E-state index in [1.807, 2.05) is 41.3 Å². The fourth-order valence-corrected chi connectivity index (χ4v) is 3.90. The van der Waals surface area contributed by atoms with Gasteiger partial charge in [0.05, 0.1) is 7.11 Å². The molecule has 1 aliphatic rings. The standard InChI is InChI=1S/C23H25ClFN3O3/c1-30-22-7-6-21(25)23(26-22)28-10-8-27(9-11-28)14-19(29)15-31-20-5-3-16-12-18(24)4-2-17(16)13-20/h2-7,12-13,19,29H,8-11,14-15H2,1H3. The summed E-state index contributed by atoms with van der Waals surface area (Å²) in [7, 11) is 1.51. The molecular weight excluding hydrogens is 421 g/mol. The molecule has 0 aliphatic carbocycles. The molecule has 4 rings (SSSR count). The number of aromatic nitrogens is 1. The van der Waals surface area contributed by atoms with Crippen molar-refractivity contribution in [3.8, 4) is 11.6 Å². The zero-order valence-electron chi connectivity index (χ0n) is 17.3. The van der Waals surface area contributed by atoms with Crippen LogP contribution in [-0.4, -0.2) is 67.5 Å². The van der Waals surface area contributed by atoms with E-state index in [0.29, 0.717) is 55.2 Å². The van der Waals surface area contributed by atoms with Crippen LogP contribution in [0.4, 0.5) is 10.2 Å². The molecule has 1 atom stereocenters. The summed E-state index contributed by atoms with van der Waals surface area (Å²) in [5, 5.41) is 13.2. The number of hydrogen-bond acceptors (Lipinski definition) is 6. The molecule has 1 unspecified atom stereocenters. The minimum absolute atomic E-state index is 0.200. The molecule has 6 nitrogen and oxygen atoms in total. The third kappa shape index (κ3) is 5.36. The van der Waals surface area contributed by atoms with Crippen LogP contribution in [-0.2, 0) is 0 Å². The summed E-state index contributed by atoms with van der Waals surface area (Å²) >= 11 is 6.02. The van der Waals surface area contributed by atoms with Gasteiger partial charge in [-0.05, 0) is 41.1 Å². The van der Waals surface area contributed by atoms with Crippen LogP contribution in [0.2, 0.25) is 5.02 Å². The fourth-order valence-electron chi connectivity index (χ4n) is 3.72. The van der Waals surface area contributed by atoms with E-state index >= 15 is 0 Å². The molecule has 1 aliphatic heterocycles. The van der Waals surface area contributed by atoms with Crippen LogP contribution in [0, 0.1) is 5.82 Å². The van der Waals surface area contributed by atoms with Gasteiger partial charge >= 0.3 is 0 Å². The first-order valence-electron chi connectivity index (χ1n) is 10.2. The average Bonchev–Trinajstić information content (AvgIpc) is 2.78. The maximum atomic E-state index is 14.1. The van der Waals surface area contributed by atoms with Crippen molar-refractivity contribution >= 4 is 28.2 Å². The van der Waals surface area contributed by atoms with Crippen molar-refractivity contribution in [2.45, 2.75) is 6.10 Å². The number of aliphatic hydroxyl groups is 1. The largest absolute Gasteiger partial charge is 0.491 e. The Labute approximate surface area is 185 Å². The summed E-state index contributed by atoms with van der Waals surface area (Å²) in [4.78, 5) is 8.27. The number of β-amino-alcohol motifs (C(OH)–C–C–N with tert-alkyl or cyclic N) is 1. The summed E-state index contributed by atoms with van der Waals surface area (Å²) in [6.45, 7) is 3.34. The quantitative estimate of drug-likeness (QED) is 0.599. The highest BCUT2D eigenvalue weighted by Crippen LogP contribution is 2.24. The molecule has 31 heavy (non-hydrogen) atoms. The van der Waals surface area contributed by atoms with E-state index < -0.39 is 6.10 Å². The molecule has 1 N–H and O–H groups in total. The lowest BCUT2D eigenvalue weighted by atomic mass is 10.1. The molecule has 0 saturated carbocycles. The monoisotopic (exact) mass is 445 g/mol. The Morgan fingerprint density at radius 2 is 1.81 bits per heavy atom. The summed E-state index contributed by atoms with van der Waals surface area (Å²) in [5.74, 6) is 1.04. The minimum atomic E-state index is -0.626. The van der Waals surface area contributed by atoms with Crippen molar-refractivity contribution in [3.05, 3.63) is 59.4 Å². The van der Waals surface area contributed by atoms with Gasteiger partial charge in [-0.2, -0.15) is 4.98 Å². The highest BCUT2D eigenvalue weighted by atomic mass is 35.5. The van der Waals surface area contributed by atoms with Gasteiger partial charge in [0.2, 0.25) is 5.88 Å². The Balaban J connectivity index is 1.26. The van der Waals surface area contributed by atoms with E-state index in [0.717, 1.165) is 10.8 Å². The van der Waals surface area contributed by atoms with Crippen molar-refractivity contribution in [2.75, 3.05) is 51.3 Å². The molecule has 0 bridgehead atoms. The molecule has 1 saturated heterocycles. The number of piperazine rings is 1.